The minimum atomic E-state index is -0.818. The lowest BCUT2D eigenvalue weighted by molar-refractivity contribution is 0.506. The number of rotatable bonds is 3. The van der Waals surface area contributed by atoms with Crippen molar-refractivity contribution in [3.63, 3.8) is 0 Å². The first-order valence-electron chi connectivity index (χ1n) is 4.34. The van der Waals surface area contributed by atoms with Crippen LogP contribution < -0.4 is 0 Å². The second kappa shape index (κ2) is 5.11. The van der Waals surface area contributed by atoms with Crippen molar-refractivity contribution in [3.8, 4) is 0 Å². The molecule has 1 rings (SSSR count). The van der Waals surface area contributed by atoms with E-state index in [1.54, 1.807) is 19.1 Å². The van der Waals surface area contributed by atoms with Gasteiger partial charge >= 0.3 is 0 Å². The van der Waals surface area contributed by atoms with Crippen LogP contribution in [0.4, 0.5) is 8.78 Å². The maximum atomic E-state index is 13.2. The van der Waals surface area contributed by atoms with Crippen molar-refractivity contribution in [3.05, 3.63) is 41.5 Å². The summed E-state index contributed by atoms with van der Waals surface area (Å²) in [6.07, 6.45) is 2.45. The van der Waals surface area contributed by atoms with Crippen molar-refractivity contribution in [1.29, 1.82) is 0 Å². The van der Waals surface area contributed by atoms with E-state index in [0.717, 1.165) is 6.07 Å². The first-order valence-corrected chi connectivity index (χ1v) is 4.87. The summed E-state index contributed by atoms with van der Waals surface area (Å²) in [5.41, 5.74) is 1.01. The monoisotopic (exact) mass is 216 g/mol. The number of alkyl halides is 1. The summed E-state index contributed by atoms with van der Waals surface area (Å²) < 4.78 is 26.1. The molecule has 76 valence electrons. The molecule has 0 unspecified atom stereocenters. The number of benzene rings is 1. The predicted molar refractivity (Wildman–Crippen MR) is 55.3 cm³/mol. The highest BCUT2D eigenvalue weighted by molar-refractivity contribution is 6.17. The number of hydrogen-bond donors (Lipinski definition) is 0. The van der Waals surface area contributed by atoms with E-state index in [2.05, 4.69) is 0 Å². The molecule has 1 aromatic carbocycles. The lowest BCUT2D eigenvalue weighted by atomic mass is 10.1. The predicted octanol–water partition coefficient (Wildman–Crippen LogP) is 4.00. The van der Waals surface area contributed by atoms with Gasteiger partial charge in [-0.2, -0.15) is 0 Å². The molecule has 0 spiro atoms. The molecule has 0 heterocycles. The number of hydrogen-bond acceptors (Lipinski definition) is 0. The lowest BCUT2D eigenvalue weighted by Gasteiger charge is -2.03. The summed E-state index contributed by atoms with van der Waals surface area (Å²) in [6.45, 7) is 1.74. The van der Waals surface area contributed by atoms with E-state index in [-0.39, 0.29) is 0 Å². The Kier molecular flexibility index (Phi) is 4.08. The molecule has 14 heavy (non-hydrogen) atoms. The van der Waals surface area contributed by atoms with Gasteiger partial charge in [-0.25, -0.2) is 8.78 Å². The first-order chi connectivity index (χ1) is 6.66. The van der Waals surface area contributed by atoms with E-state index in [0.29, 0.717) is 23.4 Å². The zero-order chi connectivity index (χ0) is 10.6. The Bertz CT molecular complexity index is 345. The van der Waals surface area contributed by atoms with Crippen LogP contribution in [0.15, 0.2) is 24.3 Å². The Balaban J connectivity index is 3.01. The number of allylic oxidation sites excluding steroid dienone is 2. The van der Waals surface area contributed by atoms with Gasteiger partial charge in [0, 0.05) is 11.4 Å². The second-order valence-corrected chi connectivity index (χ2v) is 3.34. The Morgan fingerprint density at radius 1 is 1.43 bits per heavy atom. The van der Waals surface area contributed by atoms with Crippen molar-refractivity contribution in [1.82, 2.24) is 0 Å². The van der Waals surface area contributed by atoms with E-state index >= 15 is 0 Å². The van der Waals surface area contributed by atoms with Gasteiger partial charge in [0.1, 0.15) is 0 Å². The molecule has 0 aliphatic rings. The molecule has 0 nitrogen and oxygen atoms in total. The zero-order valence-electron chi connectivity index (χ0n) is 7.86. The molecule has 1 aromatic rings. The molecule has 0 radical (unpaired) electrons. The summed E-state index contributed by atoms with van der Waals surface area (Å²) >= 11 is 5.49. The van der Waals surface area contributed by atoms with E-state index in [4.69, 9.17) is 11.6 Å². The van der Waals surface area contributed by atoms with Crippen LogP contribution in [0.2, 0.25) is 0 Å². The number of halogens is 3. The van der Waals surface area contributed by atoms with E-state index < -0.39 is 11.6 Å². The maximum absolute atomic E-state index is 13.2. The summed E-state index contributed by atoms with van der Waals surface area (Å²) in [5.74, 6) is -1.13. The molecule has 0 aliphatic carbocycles. The van der Waals surface area contributed by atoms with Crippen LogP contribution in [0.25, 0.3) is 5.57 Å². The summed E-state index contributed by atoms with van der Waals surface area (Å²) in [7, 11) is 0. The van der Waals surface area contributed by atoms with Crippen LogP contribution >= 0.6 is 11.6 Å². The van der Waals surface area contributed by atoms with E-state index in [1.165, 1.54) is 6.07 Å². The Morgan fingerprint density at radius 3 is 2.79 bits per heavy atom. The minimum absolute atomic E-state index is 0.301. The largest absolute Gasteiger partial charge is 0.204 e. The molecule has 0 N–H and O–H groups in total. The van der Waals surface area contributed by atoms with Crippen LogP contribution in [0.1, 0.15) is 18.9 Å². The molecule has 0 saturated heterocycles. The van der Waals surface area contributed by atoms with Gasteiger partial charge in [-0.3, -0.25) is 0 Å². The third-order valence-electron chi connectivity index (χ3n) is 1.94. The van der Waals surface area contributed by atoms with Crippen molar-refractivity contribution in [2.45, 2.75) is 13.3 Å². The van der Waals surface area contributed by atoms with Gasteiger partial charge in [0.05, 0.1) is 0 Å². The van der Waals surface area contributed by atoms with Gasteiger partial charge in [0.25, 0.3) is 0 Å². The van der Waals surface area contributed by atoms with Crippen LogP contribution in [-0.4, -0.2) is 5.88 Å². The van der Waals surface area contributed by atoms with Crippen LogP contribution in [0.5, 0.6) is 0 Å². The van der Waals surface area contributed by atoms with Crippen molar-refractivity contribution in [2.75, 3.05) is 5.88 Å². The fourth-order valence-electron chi connectivity index (χ4n) is 1.19. The van der Waals surface area contributed by atoms with Crippen LogP contribution in [0, 0.1) is 11.6 Å². The smallest absolute Gasteiger partial charge is 0.166 e. The third-order valence-corrected chi connectivity index (χ3v) is 2.15. The highest BCUT2D eigenvalue weighted by Gasteiger charge is 2.07. The molecule has 0 amide bonds. The highest BCUT2D eigenvalue weighted by atomic mass is 35.5. The maximum Gasteiger partial charge on any atom is 0.166 e. The van der Waals surface area contributed by atoms with Crippen LogP contribution in [0.3, 0.4) is 0 Å². The summed E-state index contributed by atoms with van der Waals surface area (Å²) in [5, 5.41) is 0. The van der Waals surface area contributed by atoms with Crippen molar-refractivity contribution in [2.24, 2.45) is 0 Å². The highest BCUT2D eigenvalue weighted by Crippen LogP contribution is 2.20. The Hall–Kier alpha value is -0.890. The average molecular weight is 217 g/mol. The van der Waals surface area contributed by atoms with Gasteiger partial charge in [0.2, 0.25) is 0 Å². The van der Waals surface area contributed by atoms with Crippen molar-refractivity contribution < 1.29 is 8.78 Å². The van der Waals surface area contributed by atoms with Gasteiger partial charge in [-0.1, -0.05) is 18.2 Å². The topological polar surface area (TPSA) is 0 Å². The SMILES string of the molecule is CC(=CCCCl)c1cccc(F)c1F. The van der Waals surface area contributed by atoms with Gasteiger partial charge in [-0.05, 0) is 25.0 Å². The molecule has 0 bridgehead atoms. The average Bonchev–Trinajstić information content (AvgIpc) is 2.18. The third kappa shape index (κ3) is 2.55. The molecule has 0 saturated carbocycles. The molecule has 0 fully saturated rings. The van der Waals surface area contributed by atoms with Crippen LogP contribution in [-0.2, 0) is 0 Å². The summed E-state index contributed by atoms with van der Waals surface area (Å²) in [4.78, 5) is 0. The van der Waals surface area contributed by atoms with E-state index in [1.807, 2.05) is 0 Å². The molecule has 0 atom stereocenters. The fraction of sp³-hybridized carbons (Fsp3) is 0.273. The van der Waals surface area contributed by atoms with Gasteiger partial charge in [0.15, 0.2) is 11.6 Å². The quantitative estimate of drug-likeness (QED) is 0.670. The Morgan fingerprint density at radius 2 is 2.14 bits per heavy atom. The standard InChI is InChI=1S/C11H11ClF2/c1-8(4-3-7-12)9-5-2-6-10(13)11(9)14/h2,4-6H,3,7H2,1H3. The van der Waals surface area contributed by atoms with Crippen molar-refractivity contribution >= 4 is 17.2 Å². The molecule has 0 aliphatic heterocycles. The Labute approximate surface area is 87.2 Å². The lowest BCUT2D eigenvalue weighted by Crippen LogP contribution is -1.91. The molecule has 3 heteroatoms. The fourth-order valence-corrected chi connectivity index (χ4v) is 1.30. The first kappa shape index (κ1) is 11.2. The molecule has 0 aromatic heterocycles. The van der Waals surface area contributed by atoms with Gasteiger partial charge in [-0.15, -0.1) is 11.6 Å². The van der Waals surface area contributed by atoms with Gasteiger partial charge < -0.3 is 0 Å². The molecular formula is C11H11ClF2. The zero-order valence-corrected chi connectivity index (χ0v) is 8.61. The summed E-state index contributed by atoms with van der Waals surface area (Å²) in [6, 6.07) is 4.15. The second-order valence-electron chi connectivity index (χ2n) is 2.97. The molecular weight excluding hydrogens is 206 g/mol. The minimum Gasteiger partial charge on any atom is -0.204 e. The van der Waals surface area contributed by atoms with E-state index in [9.17, 15) is 8.78 Å². The normalized spacial score (nSPS) is 11.9.